The largest absolute Gasteiger partial charge is 0.483 e. The number of fused-ring (bicyclic) bond motifs is 3. The third-order valence-electron chi connectivity index (χ3n) is 4.89. The van der Waals surface area contributed by atoms with Crippen molar-refractivity contribution in [1.82, 2.24) is 0 Å². The molecule has 1 aromatic rings. The second-order valence-corrected chi connectivity index (χ2v) is 7.21. The summed E-state index contributed by atoms with van der Waals surface area (Å²) in [5.41, 5.74) is 1.05. The minimum atomic E-state index is -1.06. The lowest BCUT2D eigenvalue weighted by atomic mass is 9.85. The number of nitrogens with one attached hydrogen (secondary N) is 1. The monoisotopic (exact) mass is 347 g/mol. The molecule has 0 amide bonds. The van der Waals surface area contributed by atoms with Crippen molar-refractivity contribution in [3.05, 3.63) is 29.3 Å². The van der Waals surface area contributed by atoms with Gasteiger partial charge in [-0.05, 0) is 44.0 Å². The number of carbonyl (C=O) groups excluding carboxylic acids is 1. The predicted molar refractivity (Wildman–Crippen MR) is 94.1 cm³/mol. The number of aliphatic hydroxyl groups excluding tert-OH is 2. The SMILES string of the molecule is CCC(C)C(=O)OC1C(O)c2c(ccc3c2NC(O)C=C3)OC1(C)C. The second-order valence-electron chi connectivity index (χ2n) is 7.21. The van der Waals surface area contributed by atoms with Gasteiger partial charge in [-0.3, -0.25) is 4.79 Å². The lowest BCUT2D eigenvalue weighted by Crippen LogP contribution is -2.51. The van der Waals surface area contributed by atoms with Crippen LogP contribution in [-0.4, -0.2) is 34.1 Å². The molecule has 2 aliphatic rings. The summed E-state index contributed by atoms with van der Waals surface area (Å²) >= 11 is 0. The number of ether oxygens (including phenoxy) is 2. The molecular formula is C19H25NO5. The number of carbonyl (C=O) groups is 1. The van der Waals surface area contributed by atoms with E-state index in [0.717, 1.165) is 5.56 Å². The first-order valence-corrected chi connectivity index (χ1v) is 8.62. The highest BCUT2D eigenvalue weighted by Crippen LogP contribution is 2.47. The predicted octanol–water partition coefficient (Wildman–Crippen LogP) is 2.61. The lowest BCUT2D eigenvalue weighted by molar-refractivity contribution is -0.181. The van der Waals surface area contributed by atoms with E-state index in [1.807, 2.05) is 13.0 Å². The highest BCUT2D eigenvalue weighted by atomic mass is 16.6. The first-order valence-electron chi connectivity index (χ1n) is 8.62. The van der Waals surface area contributed by atoms with Gasteiger partial charge in [0, 0.05) is 0 Å². The van der Waals surface area contributed by atoms with Crippen LogP contribution in [0.5, 0.6) is 5.75 Å². The number of rotatable bonds is 3. The van der Waals surface area contributed by atoms with Crippen molar-refractivity contribution >= 4 is 17.7 Å². The van der Waals surface area contributed by atoms with Crippen LogP contribution in [0, 0.1) is 5.92 Å². The molecule has 3 rings (SSSR count). The van der Waals surface area contributed by atoms with E-state index in [0.29, 0.717) is 23.4 Å². The van der Waals surface area contributed by atoms with Crippen LogP contribution in [-0.2, 0) is 9.53 Å². The van der Waals surface area contributed by atoms with Crippen molar-refractivity contribution in [2.75, 3.05) is 5.32 Å². The van der Waals surface area contributed by atoms with Crippen LogP contribution in [0.3, 0.4) is 0 Å². The van der Waals surface area contributed by atoms with Crippen LogP contribution < -0.4 is 10.1 Å². The molecule has 4 atom stereocenters. The maximum atomic E-state index is 12.3. The zero-order valence-corrected chi connectivity index (χ0v) is 14.9. The summed E-state index contributed by atoms with van der Waals surface area (Å²) in [6.45, 7) is 7.28. The van der Waals surface area contributed by atoms with Gasteiger partial charge in [-0.2, -0.15) is 0 Å². The molecular weight excluding hydrogens is 322 g/mol. The van der Waals surface area contributed by atoms with Crippen LogP contribution in [0.2, 0.25) is 0 Å². The second kappa shape index (κ2) is 6.35. The fraction of sp³-hybridized carbons (Fsp3) is 0.526. The molecule has 6 nitrogen and oxygen atoms in total. The third-order valence-corrected chi connectivity index (χ3v) is 4.89. The first-order chi connectivity index (χ1) is 11.7. The standard InChI is InChI=1S/C19H25NO5/c1-5-10(2)18(23)24-17-16(22)14-12(25-19(17,3)4)8-6-11-7-9-13(21)20-15(11)14/h6-10,13,16-17,20-22H,5H2,1-4H3. The number of hydrogen-bond acceptors (Lipinski definition) is 6. The average Bonchev–Trinajstić information content (AvgIpc) is 2.56. The minimum Gasteiger partial charge on any atom is -0.483 e. The molecule has 136 valence electrons. The topological polar surface area (TPSA) is 88.0 Å². The molecule has 25 heavy (non-hydrogen) atoms. The Hall–Kier alpha value is -2.05. The van der Waals surface area contributed by atoms with Crippen molar-refractivity contribution in [1.29, 1.82) is 0 Å². The lowest BCUT2D eigenvalue weighted by Gasteiger charge is -2.43. The molecule has 0 saturated heterocycles. The Morgan fingerprint density at radius 1 is 1.40 bits per heavy atom. The average molecular weight is 347 g/mol. The van der Waals surface area contributed by atoms with Crippen LogP contribution >= 0.6 is 0 Å². The number of anilines is 1. The molecule has 0 radical (unpaired) electrons. The molecule has 3 N–H and O–H groups in total. The summed E-state index contributed by atoms with van der Waals surface area (Å²) in [5, 5.41) is 23.8. The van der Waals surface area contributed by atoms with Gasteiger partial charge in [0.05, 0.1) is 17.2 Å². The van der Waals surface area contributed by atoms with Crippen LogP contribution in [0.1, 0.15) is 51.3 Å². The molecule has 2 heterocycles. The van der Waals surface area contributed by atoms with Crippen LogP contribution in [0.15, 0.2) is 18.2 Å². The van der Waals surface area contributed by atoms with E-state index in [1.165, 1.54) is 0 Å². The van der Waals surface area contributed by atoms with Gasteiger partial charge in [0.1, 0.15) is 23.7 Å². The Morgan fingerprint density at radius 3 is 2.80 bits per heavy atom. The van der Waals surface area contributed by atoms with Crippen molar-refractivity contribution in [3.8, 4) is 5.75 Å². The Balaban J connectivity index is 2.00. The van der Waals surface area contributed by atoms with Crippen LogP contribution in [0.4, 0.5) is 5.69 Å². The fourth-order valence-electron chi connectivity index (χ4n) is 3.18. The van der Waals surface area contributed by atoms with Crippen molar-refractivity contribution in [2.45, 2.75) is 58.2 Å². The Bertz CT molecular complexity index is 712. The zero-order valence-electron chi connectivity index (χ0n) is 14.9. The molecule has 0 aromatic heterocycles. The normalized spacial score (nSPS) is 27.4. The first kappa shape index (κ1) is 17.8. The maximum absolute atomic E-state index is 12.3. The van der Waals surface area contributed by atoms with Crippen LogP contribution in [0.25, 0.3) is 6.08 Å². The van der Waals surface area contributed by atoms with E-state index in [9.17, 15) is 15.0 Å². The van der Waals surface area contributed by atoms with Gasteiger partial charge in [0.2, 0.25) is 0 Å². The quantitative estimate of drug-likeness (QED) is 0.729. The Labute approximate surface area is 147 Å². The summed E-state index contributed by atoms with van der Waals surface area (Å²) in [7, 11) is 0. The zero-order chi connectivity index (χ0) is 18.4. The summed E-state index contributed by atoms with van der Waals surface area (Å²) < 4.78 is 11.7. The maximum Gasteiger partial charge on any atom is 0.309 e. The molecule has 2 aliphatic heterocycles. The van der Waals surface area contributed by atoms with Crippen molar-refractivity contribution in [3.63, 3.8) is 0 Å². The molecule has 0 saturated carbocycles. The Kier molecular flexibility index (Phi) is 4.51. The summed E-state index contributed by atoms with van der Waals surface area (Å²) in [5.74, 6) is -0.0941. The smallest absolute Gasteiger partial charge is 0.309 e. The molecule has 1 aromatic carbocycles. The van der Waals surface area contributed by atoms with E-state index in [-0.39, 0.29) is 11.9 Å². The molecule has 0 spiro atoms. The van der Waals surface area contributed by atoms with E-state index < -0.39 is 24.0 Å². The number of hydrogen-bond donors (Lipinski definition) is 3. The van der Waals surface area contributed by atoms with E-state index >= 15 is 0 Å². The number of esters is 1. The molecule has 0 fully saturated rings. The van der Waals surface area contributed by atoms with Gasteiger partial charge < -0.3 is 25.0 Å². The molecule has 4 unspecified atom stereocenters. The molecule has 0 aliphatic carbocycles. The van der Waals surface area contributed by atoms with Gasteiger partial charge in [-0.1, -0.05) is 19.9 Å². The van der Waals surface area contributed by atoms with Crippen molar-refractivity contribution in [2.24, 2.45) is 5.92 Å². The third kappa shape index (κ3) is 3.12. The number of aliphatic hydroxyl groups is 2. The highest BCUT2D eigenvalue weighted by Gasteiger charge is 2.47. The summed E-state index contributed by atoms with van der Waals surface area (Å²) in [6.07, 6.45) is 1.31. The van der Waals surface area contributed by atoms with Gasteiger partial charge in [-0.15, -0.1) is 0 Å². The van der Waals surface area contributed by atoms with E-state index in [1.54, 1.807) is 39.0 Å². The summed E-state index contributed by atoms with van der Waals surface area (Å²) in [6, 6.07) is 3.65. The van der Waals surface area contributed by atoms with Gasteiger partial charge >= 0.3 is 5.97 Å². The summed E-state index contributed by atoms with van der Waals surface area (Å²) in [4.78, 5) is 12.3. The van der Waals surface area contributed by atoms with E-state index in [2.05, 4.69) is 5.32 Å². The van der Waals surface area contributed by atoms with Crippen molar-refractivity contribution < 1.29 is 24.5 Å². The highest BCUT2D eigenvalue weighted by molar-refractivity contribution is 5.77. The molecule has 0 bridgehead atoms. The van der Waals surface area contributed by atoms with Gasteiger partial charge in [0.15, 0.2) is 6.10 Å². The Morgan fingerprint density at radius 2 is 2.12 bits per heavy atom. The van der Waals surface area contributed by atoms with Gasteiger partial charge in [0.25, 0.3) is 0 Å². The minimum absolute atomic E-state index is 0.253. The van der Waals surface area contributed by atoms with E-state index in [4.69, 9.17) is 9.47 Å². The van der Waals surface area contributed by atoms with Gasteiger partial charge in [-0.25, -0.2) is 0 Å². The molecule has 6 heteroatoms. The fourth-order valence-corrected chi connectivity index (χ4v) is 3.18. The number of benzene rings is 1.